The number of ether oxygens (including phenoxy) is 1. The zero-order valence-corrected chi connectivity index (χ0v) is 11.4. The van der Waals surface area contributed by atoms with Crippen molar-refractivity contribution >= 4 is 22.6 Å². The van der Waals surface area contributed by atoms with Crippen LogP contribution < -0.4 is 0 Å². The van der Waals surface area contributed by atoms with Gasteiger partial charge in [-0.25, -0.2) is 4.98 Å². The maximum atomic E-state index is 6.06. The minimum atomic E-state index is 0.226. The van der Waals surface area contributed by atoms with Gasteiger partial charge in [0.25, 0.3) is 0 Å². The molecule has 0 amide bonds. The SMILES string of the molecule is Cc1cccc2nc(CCl)n(C3CCOC3C)c12. The molecule has 0 radical (unpaired) electrons. The summed E-state index contributed by atoms with van der Waals surface area (Å²) in [5.74, 6) is 1.39. The lowest BCUT2D eigenvalue weighted by atomic mass is 10.1. The second-order valence-corrected chi connectivity index (χ2v) is 5.17. The Labute approximate surface area is 112 Å². The number of aryl methyl sites for hydroxylation is 1. The van der Waals surface area contributed by atoms with Crippen molar-refractivity contribution in [3.05, 3.63) is 29.6 Å². The Morgan fingerprint density at radius 3 is 3.00 bits per heavy atom. The van der Waals surface area contributed by atoms with Crippen LogP contribution >= 0.6 is 11.6 Å². The van der Waals surface area contributed by atoms with Gasteiger partial charge in [0.05, 0.1) is 29.1 Å². The van der Waals surface area contributed by atoms with E-state index in [0.29, 0.717) is 11.9 Å². The Hall–Kier alpha value is -1.06. The third kappa shape index (κ3) is 1.73. The summed E-state index contributed by atoms with van der Waals surface area (Å²) in [6.45, 7) is 5.07. The molecular formula is C14H17ClN2O. The molecule has 18 heavy (non-hydrogen) atoms. The fourth-order valence-corrected chi connectivity index (χ4v) is 3.07. The van der Waals surface area contributed by atoms with Crippen LogP contribution in [-0.4, -0.2) is 22.3 Å². The van der Waals surface area contributed by atoms with E-state index in [9.17, 15) is 0 Å². The summed E-state index contributed by atoms with van der Waals surface area (Å²) in [7, 11) is 0. The second kappa shape index (κ2) is 4.56. The highest BCUT2D eigenvalue weighted by Crippen LogP contribution is 2.32. The highest BCUT2D eigenvalue weighted by atomic mass is 35.5. The molecule has 4 heteroatoms. The summed E-state index contributed by atoms with van der Waals surface area (Å²) in [5.41, 5.74) is 3.48. The monoisotopic (exact) mass is 264 g/mol. The summed E-state index contributed by atoms with van der Waals surface area (Å²) in [5, 5.41) is 0. The largest absolute Gasteiger partial charge is 0.376 e. The third-order valence-electron chi connectivity index (χ3n) is 3.77. The zero-order valence-electron chi connectivity index (χ0n) is 10.7. The van der Waals surface area contributed by atoms with E-state index in [1.54, 1.807) is 0 Å². The van der Waals surface area contributed by atoms with Gasteiger partial charge in [-0.05, 0) is 31.9 Å². The third-order valence-corrected chi connectivity index (χ3v) is 4.01. The molecule has 0 spiro atoms. The predicted molar refractivity (Wildman–Crippen MR) is 73.1 cm³/mol. The average molecular weight is 265 g/mol. The van der Waals surface area contributed by atoms with Crippen LogP contribution in [0.1, 0.15) is 30.8 Å². The number of halogens is 1. The lowest BCUT2D eigenvalue weighted by Gasteiger charge is -2.19. The molecule has 0 N–H and O–H groups in total. The Kier molecular flexibility index (Phi) is 3.04. The molecule has 2 unspecified atom stereocenters. The summed E-state index contributed by atoms with van der Waals surface area (Å²) < 4.78 is 7.97. The highest BCUT2D eigenvalue weighted by molar-refractivity contribution is 6.16. The topological polar surface area (TPSA) is 27.1 Å². The Balaban J connectivity index is 2.25. The Bertz CT molecular complexity index is 578. The van der Waals surface area contributed by atoms with Crippen LogP contribution in [0.2, 0.25) is 0 Å². The van der Waals surface area contributed by atoms with Crippen molar-refractivity contribution in [2.45, 2.75) is 38.3 Å². The number of alkyl halides is 1. The fourth-order valence-electron chi connectivity index (χ4n) is 2.88. The molecule has 1 aliphatic heterocycles. The van der Waals surface area contributed by atoms with E-state index >= 15 is 0 Å². The van der Waals surface area contributed by atoms with E-state index in [-0.39, 0.29) is 6.10 Å². The van der Waals surface area contributed by atoms with Gasteiger partial charge in [0.2, 0.25) is 0 Å². The van der Waals surface area contributed by atoms with Gasteiger partial charge in [0.1, 0.15) is 5.82 Å². The molecule has 3 nitrogen and oxygen atoms in total. The van der Waals surface area contributed by atoms with E-state index in [4.69, 9.17) is 16.3 Å². The summed E-state index contributed by atoms with van der Waals surface area (Å²) in [6.07, 6.45) is 1.26. The maximum absolute atomic E-state index is 6.06. The summed E-state index contributed by atoms with van der Waals surface area (Å²) in [6, 6.07) is 6.57. The molecule has 1 aromatic heterocycles. The van der Waals surface area contributed by atoms with Gasteiger partial charge in [-0.1, -0.05) is 12.1 Å². The molecule has 0 bridgehead atoms. The van der Waals surface area contributed by atoms with Gasteiger partial charge in [0.15, 0.2) is 0 Å². The van der Waals surface area contributed by atoms with E-state index in [1.165, 1.54) is 11.1 Å². The Morgan fingerprint density at radius 1 is 1.50 bits per heavy atom. The van der Waals surface area contributed by atoms with Crippen LogP contribution in [0.25, 0.3) is 11.0 Å². The van der Waals surface area contributed by atoms with Gasteiger partial charge in [-0.2, -0.15) is 0 Å². The number of benzene rings is 1. The van der Waals surface area contributed by atoms with Gasteiger partial charge in [-0.3, -0.25) is 0 Å². The molecule has 0 aliphatic carbocycles. The summed E-state index contributed by atoms with van der Waals surface area (Å²) in [4.78, 5) is 4.65. The van der Waals surface area contributed by atoms with Crippen molar-refractivity contribution < 1.29 is 4.74 Å². The first-order valence-corrected chi connectivity index (χ1v) is 6.90. The molecule has 3 rings (SSSR count). The number of aromatic nitrogens is 2. The molecule has 1 fully saturated rings. The zero-order chi connectivity index (χ0) is 12.7. The number of nitrogens with zero attached hydrogens (tertiary/aromatic N) is 2. The highest BCUT2D eigenvalue weighted by Gasteiger charge is 2.29. The average Bonchev–Trinajstić information content (AvgIpc) is 2.92. The van der Waals surface area contributed by atoms with Gasteiger partial charge in [0, 0.05) is 6.61 Å². The van der Waals surface area contributed by atoms with Gasteiger partial charge in [-0.15, -0.1) is 11.6 Å². The number of para-hydroxylation sites is 1. The lowest BCUT2D eigenvalue weighted by Crippen LogP contribution is -2.19. The van der Waals surface area contributed by atoms with Gasteiger partial charge < -0.3 is 9.30 Å². The predicted octanol–water partition coefficient (Wildman–Crippen LogP) is 3.43. The lowest BCUT2D eigenvalue weighted by molar-refractivity contribution is 0.108. The van der Waals surface area contributed by atoms with Crippen molar-refractivity contribution in [3.8, 4) is 0 Å². The molecule has 1 aromatic carbocycles. The van der Waals surface area contributed by atoms with Crippen molar-refractivity contribution in [2.75, 3.05) is 6.61 Å². The number of imidazole rings is 1. The minimum Gasteiger partial charge on any atom is -0.376 e. The fraction of sp³-hybridized carbons (Fsp3) is 0.500. The van der Waals surface area contributed by atoms with Crippen LogP contribution in [0.4, 0.5) is 0 Å². The molecule has 2 aromatic rings. The van der Waals surface area contributed by atoms with Crippen LogP contribution in [0.3, 0.4) is 0 Å². The van der Waals surface area contributed by atoms with Crippen LogP contribution in [0, 0.1) is 6.92 Å². The molecule has 1 aliphatic rings. The van der Waals surface area contributed by atoms with Crippen LogP contribution in [0.5, 0.6) is 0 Å². The molecule has 0 saturated carbocycles. The van der Waals surface area contributed by atoms with E-state index in [0.717, 1.165) is 24.4 Å². The number of fused-ring (bicyclic) bond motifs is 1. The molecule has 2 atom stereocenters. The quantitative estimate of drug-likeness (QED) is 0.777. The smallest absolute Gasteiger partial charge is 0.125 e. The first-order chi connectivity index (χ1) is 8.72. The van der Waals surface area contributed by atoms with Crippen molar-refractivity contribution in [1.82, 2.24) is 9.55 Å². The number of hydrogen-bond acceptors (Lipinski definition) is 2. The normalized spacial score (nSPS) is 23.9. The number of hydrogen-bond donors (Lipinski definition) is 0. The minimum absolute atomic E-state index is 0.226. The van der Waals surface area contributed by atoms with Crippen LogP contribution in [0.15, 0.2) is 18.2 Å². The standard InChI is InChI=1S/C14H17ClN2O/c1-9-4-3-5-11-14(9)17(13(8-15)16-11)12-6-7-18-10(12)2/h3-5,10,12H,6-8H2,1-2H3. The van der Waals surface area contributed by atoms with Crippen molar-refractivity contribution in [3.63, 3.8) is 0 Å². The maximum Gasteiger partial charge on any atom is 0.125 e. The molecule has 96 valence electrons. The second-order valence-electron chi connectivity index (χ2n) is 4.91. The van der Waals surface area contributed by atoms with E-state index < -0.39 is 0 Å². The Morgan fingerprint density at radius 2 is 2.33 bits per heavy atom. The summed E-state index contributed by atoms with van der Waals surface area (Å²) >= 11 is 6.06. The van der Waals surface area contributed by atoms with Gasteiger partial charge >= 0.3 is 0 Å². The molecule has 1 saturated heterocycles. The van der Waals surface area contributed by atoms with E-state index in [1.807, 2.05) is 6.07 Å². The first kappa shape index (κ1) is 12.0. The first-order valence-electron chi connectivity index (χ1n) is 6.36. The molecule has 2 heterocycles. The van der Waals surface area contributed by atoms with Crippen LogP contribution in [-0.2, 0) is 10.6 Å². The van der Waals surface area contributed by atoms with E-state index in [2.05, 4.69) is 35.5 Å². The molecular weight excluding hydrogens is 248 g/mol. The van der Waals surface area contributed by atoms with Crippen molar-refractivity contribution in [1.29, 1.82) is 0 Å². The number of rotatable bonds is 2. The van der Waals surface area contributed by atoms with Crippen molar-refractivity contribution in [2.24, 2.45) is 0 Å².